The van der Waals surface area contributed by atoms with E-state index in [-0.39, 0.29) is 25.4 Å². The van der Waals surface area contributed by atoms with Gasteiger partial charge in [-0.3, -0.25) is 9.59 Å². The van der Waals surface area contributed by atoms with Gasteiger partial charge in [0, 0.05) is 5.02 Å². The number of esters is 2. The van der Waals surface area contributed by atoms with Gasteiger partial charge >= 0.3 is 11.9 Å². The van der Waals surface area contributed by atoms with Gasteiger partial charge in [0.05, 0.1) is 13.2 Å². The highest BCUT2D eigenvalue weighted by Gasteiger charge is 2.47. The van der Waals surface area contributed by atoms with Crippen LogP contribution < -0.4 is 4.74 Å². The first-order chi connectivity index (χ1) is 10.9. The van der Waals surface area contributed by atoms with Gasteiger partial charge in [-0.15, -0.1) is 0 Å². The van der Waals surface area contributed by atoms with Crippen molar-refractivity contribution in [1.29, 1.82) is 0 Å². The molecule has 1 aromatic carbocycles. The second-order valence-corrected chi connectivity index (χ2v) is 5.35. The summed E-state index contributed by atoms with van der Waals surface area (Å²) in [7, 11) is 0. The normalized spacial score (nSPS) is 10.8. The topological polar surface area (TPSA) is 61.8 Å². The standard InChI is InChI=1S/C17H21ClO5/c1-5-21-15(19)17(4,16(20)22-6-2)12(3)11-23-14-9-7-13(18)8-10-14/h7-10H,3,5-6,11H2,1-2,4H3. The number of benzene rings is 1. The second-order valence-electron chi connectivity index (χ2n) is 4.91. The van der Waals surface area contributed by atoms with E-state index in [4.69, 9.17) is 25.8 Å². The fraction of sp³-hybridized carbons (Fsp3) is 0.412. The number of hydrogen-bond donors (Lipinski definition) is 0. The van der Waals surface area contributed by atoms with Crippen molar-refractivity contribution in [2.75, 3.05) is 19.8 Å². The lowest BCUT2D eigenvalue weighted by Crippen LogP contribution is -2.42. The molecule has 0 aliphatic rings. The molecule has 0 aromatic heterocycles. The van der Waals surface area contributed by atoms with Crippen LogP contribution in [-0.4, -0.2) is 31.8 Å². The first-order valence-corrected chi connectivity index (χ1v) is 7.65. The molecule has 0 N–H and O–H groups in total. The first-order valence-electron chi connectivity index (χ1n) is 7.27. The van der Waals surface area contributed by atoms with Crippen LogP contribution >= 0.6 is 11.6 Å². The molecule has 0 bridgehead atoms. The van der Waals surface area contributed by atoms with Crippen LogP contribution in [0.1, 0.15) is 20.8 Å². The van der Waals surface area contributed by atoms with Gasteiger partial charge in [0.25, 0.3) is 0 Å². The lowest BCUT2D eigenvalue weighted by molar-refractivity contribution is -0.167. The summed E-state index contributed by atoms with van der Waals surface area (Å²) >= 11 is 5.80. The van der Waals surface area contributed by atoms with Crippen molar-refractivity contribution in [1.82, 2.24) is 0 Å². The van der Waals surface area contributed by atoms with Gasteiger partial charge in [-0.1, -0.05) is 18.2 Å². The number of halogens is 1. The molecule has 0 spiro atoms. The van der Waals surface area contributed by atoms with Gasteiger partial charge in [-0.2, -0.15) is 0 Å². The van der Waals surface area contributed by atoms with E-state index in [0.29, 0.717) is 10.8 Å². The number of hydrogen-bond acceptors (Lipinski definition) is 5. The van der Waals surface area contributed by atoms with Crippen molar-refractivity contribution in [3.05, 3.63) is 41.4 Å². The molecule has 0 fully saturated rings. The molecule has 0 radical (unpaired) electrons. The van der Waals surface area contributed by atoms with Crippen molar-refractivity contribution >= 4 is 23.5 Å². The van der Waals surface area contributed by atoms with Gasteiger partial charge in [-0.25, -0.2) is 0 Å². The summed E-state index contributed by atoms with van der Waals surface area (Å²) in [5.41, 5.74) is -1.36. The Kier molecular flexibility index (Phi) is 7.10. The lowest BCUT2D eigenvalue weighted by atomic mass is 9.83. The van der Waals surface area contributed by atoms with Crippen LogP contribution in [0.15, 0.2) is 36.4 Å². The molecule has 5 nitrogen and oxygen atoms in total. The van der Waals surface area contributed by atoms with E-state index >= 15 is 0 Å². The van der Waals surface area contributed by atoms with Crippen molar-refractivity contribution in [2.45, 2.75) is 20.8 Å². The zero-order valence-corrected chi connectivity index (χ0v) is 14.3. The highest BCUT2D eigenvalue weighted by atomic mass is 35.5. The quantitative estimate of drug-likeness (QED) is 0.412. The van der Waals surface area contributed by atoms with Crippen LogP contribution in [0.3, 0.4) is 0 Å². The minimum absolute atomic E-state index is 0.0320. The van der Waals surface area contributed by atoms with E-state index < -0.39 is 17.4 Å². The maximum absolute atomic E-state index is 12.2. The molecule has 6 heteroatoms. The highest BCUT2D eigenvalue weighted by Crippen LogP contribution is 2.30. The van der Waals surface area contributed by atoms with E-state index in [9.17, 15) is 9.59 Å². The van der Waals surface area contributed by atoms with Gasteiger partial charge in [0.15, 0.2) is 5.41 Å². The largest absolute Gasteiger partial charge is 0.489 e. The minimum atomic E-state index is -1.61. The predicted molar refractivity (Wildman–Crippen MR) is 87.5 cm³/mol. The van der Waals surface area contributed by atoms with E-state index in [1.807, 2.05) is 0 Å². The van der Waals surface area contributed by atoms with Gasteiger partial charge in [-0.05, 0) is 50.6 Å². The molecular weight excluding hydrogens is 320 g/mol. The Bertz CT molecular complexity index is 547. The van der Waals surface area contributed by atoms with Gasteiger partial charge in [0.1, 0.15) is 12.4 Å². The van der Waals surface area contributed by atoms with Crippen molar-refractivity contribution in [3.8, 4) is 5.75 Å². The summed E-state index contributed by atoms with van der Waals surface area (Å²) in [6.07, 6.45) is 0. The Morgan fingerprint density at radius 2 is 1.57 bits per heavy atom. The van der Waals surface area contributed by atoms with E-state index in [2.05, 4.69) is 6.58 Å². The Hall–Kier alpha value is -2.01. The zero-order chi connectivity index (χ0) is 17.5. The average molecular weight is 341 g/mol. The van der Waals surface area contributed by atoms with Crippen LogP contribution in [-0.2, 0) is 19.1 Å². The Balaban J connectivity index is 2.88. The van der Waals surface area contributed by atoms with Crippen LogP contribution in [0.4, 0.5) is 0 Å². The third kappa shape index (κ3) is 4.73. The van der Waals surface area contributed by atoms with Crippen LogP contribution in [0, 0.1) is 5.41 Å². The molecule has 23 heavy (non-hydrogen) atoms. The molecule has 0 saturated heterocycles. The third-order valence-electron chi connectivity index (χ3n) is 3.30. The average Bonchev–Trinajstić information content (AvgIpc) is 2.53. The van der Waals surface area contributed by atoms with Crippen LogP contribution in [0.5, 0.6) is 5.75 Å². The summed E-state index contributed by atoms with van der Waals surface area (Å²) in [6.45, 7) is 8.84. The van der Waals surface area contributed by atoms with Crippen molar-refractivity contribution in [2.24, 2.45) is 5.41 Å². The Labute approximate surface area is 141 Å². The Morgan fingerprint density at radius 3 is 2.00 bits per heavy atom. The molecule has 1 rings (SSSR count). The van der Waals surface area contributed by atoms with Crippen molar-refractivity contribution < 1.29 is 23.8 Å². The number of carbonyl (C=O) groups is 2. The smallest absolute Gasteiger partial charge is 0.327 e. The summed E-state index contributed by atoms with van der Waals surface area (Å²) in [4.78, 5) is 24.4. The molecule has 0 atom stereocenters. The summed E-state index contributed by atoms with van der Waals surface area (Å²) < 4.78 is 15.5. The third-order valence-corrected chi connectivity index (χ3v) is 3.55. The highest BCUT2D eigenvalue weighted by molar-refractivity contribution is 6.30. The predicted octanol–water partition coefficient (Wildman–Crippen LogP) is 3.41. The Morgan fingerprint density at radius 1 is 1.09 bits per heavy atom. The number of ether oxygens (including phenoxy) is 3. The van der Waals surface area contributed by atoms with Crippen LogP contribution in [0.2, 0.25) is 5.02 Å². The molecular formula is C17H21ClO5. The summed E-state index contributed by atoms with van der Waals surface area (Å²) in [5, 5.41) is 0.582. The van der Waals surface area contributed by atoms with Crippen molar-refractivity contribution in [3.63, 3.8) is 0 Å². The maximum atomic E-state index is 12.2. The maximum Gasteiger partial charge on any atom is 0.327 e. The fourth-order valence-electron chi connectivity index (χ4n) is 1.77. The van der Waals surface area contributed by atoms with Gasteiger partial charge < -0.3 is 14.2 Å². The van der Waals surface area contributed by atoms with Gasteiger partial charge in [0.2, 0.25) is 0 Å². The summed E-state index contributed by atoms with van der Waals surface area (Å²) in [6, 6.07) is 6.72. The summed E-state index contributed by atoms with van der Waals surface area (Å²) in [5.74, 6) is -0.864. The number of rotatable bonds is 8. The molecule has 0 aliphatic carbocycles. The molecule has 0 heterocycles. The van der Waals surface area contributed by atoms with E-state index in [1.165, 1.54) is 6.92 Å². The molecule has 1 aromatic rings. The SMILES string of the molecule is C=C(COc1ccc(Cl)cc1)C(C)(C(=O)OCC)C(=O)OCC. The second kappa shape index (κ2) is 8.58. The number of carbonyl (C=O) groups excluding carboxylic acids is 2. The van der Waals surface area contributed by atoms with E-state index in [0.717, 1.165) is 0 Å². The molecule has 0 unspecified atom stereocenters. The first kappa shape index (κ1) is 19.0. The van der Waals surface area contributed by atoms with E-state index in [1.54, 1.807) is 38.1 Å². The zero-order valence-electron chi connectivity index (χ0n) is 13.6. The lowest BCUT2D eigenvalue weighted by Gasteiger charge is -2.27. The minimum Gasteiger partial charge on any atom is -0.489 e. The monoisotopic (exact) mass is 340 g/mol. The molecule has 0 amide bonds. The molecule has 126 valence electrons. The fourth-order valence-corrected chi connectivity index (χ4v) is 1.89. The molecule has 0 saturated carbocycles. The van der Waals surface area contributed by atoms with Crippen LogP contribution in [0.25, 0.3) is 0 Å². The molecule has 0 aliphatic heterocycles.